The molecule has 3 rings (SSSR count). The molecule has 1 saturated heterocycles. The summed E-state index contributed by atoms with van der Waals surface area (Å²) in [4.78, 5) is 16.7. The maximum atomic E-state index is 12.8. The van der Waals surface area contributed by atoms with Gasteiger partial charge in [0.05, 0.1) is 10.9 Å². The Balaban J connectivity index is 1.84. The number of fused-ring (bicyclic) bond motifs is 1. The summed E-state index contributed by atoms with van der Waals surface area (Å²) in [6.45, 7) is 0.683. The zero-order valence-corrected chi connectivity index (χ0v) is 12.9. The molecule has 1 atom stereocenters. The van der Waals surface area contributed by atoms with Gasteiger partial charge < -0.3 is 15.8 Å². The van der Waals surface area contributed by atoms with Crippen molar-refractivity contribution in [2.75, 3.05) is 6.54 Å². The van der Waals surface area contributed by atoms with E-state index in [0.717, 1.165) is 37.0 Å². The average Bonchev–Trinajstić information content (AvgIpc) is 2.97. The smallest absolute Gasteiger partial charge is 0.264 e. The number of nitrogens with two attached hydrogens (primary N) is 1. The SMILES string of the molecule is NC(=NO)C1CCCCN1C(=O)c1cc2c(s1)CCCC2. The first-order chi connectivity index (χ1) is 10.2. The van der Waals surface area contributed by atoms with Gasteiger partial charge in [-0.1, -0.05) is 5.16 Å². The van der Waals surface area contributed by atoms with E-state index in [1.54, 1.807) is 16.2 Å². The van der Waals surface area contributed by atoms with E-state index in [0.29, 0.717) is 6.54 Å². The first kappa shape index (κ1) is 14.4. The van der Waals surface area contributed by atoms with E-state index in [2.05, 4.69) is 11.2 Å². The number of likely N-dealkylation sites (tertiary alicyclic amines) is 1. The van der Waals surface area contributed by atoms with Crippen LogP contribution in [0.3, 0.4) is 0 Å². The van der Waals surface area contributed by atoms with E-state index in [4.69, 9.17) is 10.9 Å². The second-order valence-electron chi connectivity index (χ2n) is 5.80. The summed E-state index contributed by atoms with van der Waals surface area (Å²) < 4.78 is 0. The molecular weight excluding hydrogens is 286 g/mol. The minimum Gasteiger partial charge on any atom is -0.409 e. The summed E-state index contributed by atoms with van der Waals surface area (Å²) in [5.41, 5.74) is 7.10. The van der Waals surface area contributed by atoms with Gasteiger partial charge >= 0.3 is 0 Å². The van der Waals surface area contributed by atoms with Gasteiger partial charge in [-0.2, -0.15) is 0 Å². The monoisotopic (exact) mass is 307 g/mol. The zero-order valence-electron chi connectivity index (χ0n) is 12.0. The highest BCUT2D eigenvalue weighted by Gasteiger charge is 2.31. The molecule has 0 bridgehead atoms. The fraction of sp³-hybridized carbons (Fsp3) is 0.600. The van der Waals surface area contributed by atoms with Gasteiger partial charge in [-0.25, -0.2) is 0 Å². The van der Waals surface area contributed by atoms with E-state index in [-0.39, 0.29) is 17.8 Å². The van der Waals surface area contributed by atoms with E-state index < -0.39 is 0 Å². The van der Waals surface area contributed by atoms with Crippen molar-refractivity contribution < 1.29 is 10.0 Å². The number of rotatable bonds is 2. The Morgan fingerprint density at radius 3 is 2.90 bits per heavy atom. The molecule has 1 amide bonds. The molecule has 0 saturated carbocycles. The molecule has 114 valence electrons. The van der Waals surface area contributed by atoms with E-state index in [1.807, 2.05) is 0 Å². The number of hydrogen-bond donors (Lipinski definition) is 2. The van der Waals surface area contributed by atoms with Gasteiger partial charge in [0, 0.05) is 11.4 Å². The van der Waals surface area contributed by atoms with E-state index in [1.165, 1.54) is 23.3 Å². The summed E-state index contributed by atoms with van der Waals surface area (Å²) in [6, 6.07) is 1.79. The third-order valence-electron chi connectivity index (χ3n) is 4.43. The molecule has 1 unspecified atom stereocenters. The van der Waals surface area contributed by atoms with Crippen LogP contribution in [0.4, 0.5) is 0 Å². The molecule has 1 aromatic rings. The van der Waals surface area contributed by atoms with Crippen molar-refractivity contribution in [2.45, 2.75) is 51.0 Å². The standard InChI is InChI=1S/C15H21N3O2S/c16-14(17-20)11-6-3-4-8-18(11)15(19)13-9-10-5-1-2-7-12(10)21-13/h9,11,20H,1-8H2,(H2,16,17). The summed E-state index contributed by atoms with van der Waals surface area (Å²) in [5.74, 6) is 0.176. The number of amidine groups is 1. The Labute approximate surface area is 128 Å². The number of thiophene rings is 1. The molecule has 6 heteroatoms. The van der Waals surface area contributed by atoms with Gasteiger partial charge in [0.15, 0.2) is 5.84 Å². The van der Waals surface area contributed by atoms with Crippen molar-refractivity contribution >= 4 is 23.1 Å². The van der Waals surface area contributed by atoms with Gasteiger partial charge in [-0.05, 0) is 56.6 Å². The number of carbonyl (C=O) groups is 1. The fourth-order valence-corrected chi connectivity index (χ4v) is 4.50. The lowest BCUT2D eigenvalue weighted by Crippen LogP contribution is -2.50. The van der Waals surface area contributed by atoms with E-state index >= 15 is 0 Å². The van der Waals surface area contributed by atoms with Crippen LogP contribution in [-0.2, 0) is 12.8 Å². The summed E-state index contributed by atoms with van der Waals surface area (Å²) in [6.07, 6.45) is 7.37. The number of aryl methyl sites for hydroxylation is 2. The van der Waals surface area contributed by atoms with Crippen LogP contribution in [0.15, 0.2) is 11.2 Å². The molecule has 1 fully saturated rings. The molecular formula is C15H21N3O2S. The van der Waals surface area contributed by atoms with Gasteiger partial charge in [-0.15, -0.1) is 11.3 Å². The van der Waals surface area contributed by atoms with Gasteiger partial charge in [0.2, 0.25) is 0 Å². The van der Waals surface area contributed by atoms with Crippen molar-refractivity contribution in [1.29, 1.82) is 0 Å². The van der Waals surface area contributed by atoms with Gasteiger partial charge in [0.1, 0.15) is 0 Å². The Morgan fingerprint density at radius 1 is 1.33 bits per heavy atom. The first-order valence-corrected chi connectivity index (χ1v) is 8.42. The number of hydrogen-bond acceptors (Lipinski definition) is 4. The molecule has 21 heavy (non-hydrogen) atoms. The number of carbonyl (C=O) groups excluding carboxylic acids is 1. The van der Waals surface area contributed by atoms with Crippen LogP contribution in [0.5, 0.6) is 0 Å². The van der Waals surface area contributed by atoms with Crippen LogP contribution in [0.2, 0.25) is 0 Å². The second-order valence-corrected chi connectivity index (χ2v) is 6.94. The number of nitrogens with zero attached hydrogens (tertiary/aromatic N) is 2. The predicted octanol–water partition coefficient (Wildman–Crippen LogP) is 2.37. The molecule has 1 aromatic heterocycles. The molecule has 0 spiro atoms. The Morgan fingerprint density at radius 2 is 2.14 bits per heavy atom. The third-order valence-corrected chi connectivity index (χ3v) is 5.65. The molecule has 1 aliphatic carbocycles. The highest BCUT2D eigenvalue weighted by Crippen LogP contribution is 2.31. The fourth-order valence-electron chi connectivity index (χ4n) is 3.29. The number of piperidine rings is 1. The lowest BCUT2D eigenvalue weighted by Gasteiger charge is -2.34. The number of amides is 1. The maximum absolute atomic E-state index is 12.8. The summed E-state index contributed by atoms with van der Waals surface area (Å²) in [5, 5.41) is 12.0. The van der Waals surface area contributed by atoms with Gasteiger partial charge in [0.25, 0.3) is 5.91 Å². The topological polar surface area (TPSA) is 78.9 Å². The van der Waals surface area contributed by atoms with Crippen LogP contribution >= 0.6 is 11.3 Å². The van der Waals surface area contributed by atoms with E-state index in [9.17, 15) is 4.79 Å². The van der Waals surface area contributed by atoms with Crippen molar-refractivity contribution in [1.82, 2.24) is 4.90 Å². The highest BCUT2D eigenvalue weighted by molar-refractivity contribution is 7.14. The second kappa shape index (κ2) is 6.05. The maximum Gasteiger partial charge on any atom is 0.264 e. The first-order valence-electron chi connectivity index (χ1n) is 7.60. The third kappa shape index (κ3) is 2.77. The Bertz CT molecular complexity index is 544. The van der Waals surface area contributed by atoms with Crippen LogP contribution < -0.4 is 5.73 Å². The minimum atomic E-state index is -0.268. The Kier molecular flexibility index (Phi) is 4.14. The predicted molar refractivity (Wildman–Crippen MR) is 83.0 cm³/mol. The molecule has 3 N–H and O–H groups in total. The van der Waals surface area contributed by atoms with Crippen LogP contribution in [0.1, 0.15) is 52.2 Å². The summed E-state index contributed by atoms with van der Waals surface area (Å²) in [7, 11) is 0. The largest absolute Gasteiger partial charge is 0.409 e. The van der Waals surface area contributed by atoms with Crippen molar-refractivity contribution in [3.8, 4) is 0 Å². The van der Waals surface area contributed by atoms with Crippen LogP contribution in [-0.4, -0.2) is 34.4 Å². The van der Waals surface area contributed by atoms with Crippen molar-refractivity contribution in [3.63, 3.8) is 0 Å². The Hall–Kier alpha value is -1.56. The summed E-state index contributed by atoms with van der Waals surface area (Å²) >= 11 is 1.62. The molecule has 1 aliphatic heterocycles. The normalized spacial score (nSPS) is 23.0. The quantitative estimate of drug-likeness (QED) is 0.381. The zero-order chi connectivity index (χ0) is 14.8. The minimum absolute atomic E-state index is 0.0331. The lowest BCUT2D eigenvalue weighted by atomic mass is 9.98. The van der Waals surface area contributed by atoms with Crippen LogP contribution in [0, 0.1) is 0 Å². The lowest BCUT2D eigenvalue weighted by molar-refractivity contribution is 0.0681. The highest BCUT2D eigenvalue weighted by atomic mass is 32.1. The molecule has 2 heterocycles. The van der Waals surface area contributed by atoms with Crippen molar-refractivity contribution in [3.05, 3.63) is 21.4 Å². The number of oxime groups is 1. The van der Waals surface area contributed by atoms with Crippen LogP contribution in [0.25, 0.3) is 0 Å². The van der Waals surface area contributed by atoms with Crippen molar-refractivity contribution in [2.24, 2.45) is 10.9 Å². The van der Waals surface area contributed by atoms with Gasteiger partial charge in [-0.3, -0.25) is 4.79 Å². The molecule has 0 aromatic carbocycles. The average molecular weight is 307 g/mol. The molecule has 0 radical (unpaired) electrons. The molecule has 5 nitrogen and oxygen atoms in total. The molecule has 2 aliphatic rings.